The van der Waals surface area contributed by atoms with Crippen LogP contribution in [0.25, 0.3) is 0 Å². The van der Waals surface area contributed by atoms with Gasteiger partial charge in [0.2, 0.25) is 0 Å². The maximum atomic E-state index is 11.8. The lowest BCUT2D eigenvalue weighted by Gasteiger charge is -2.05. The van der Waals surface area contributed by atoms with Gasteiger partial charge < -0.3 is 5.73 Å². The lowest BCUT2D eigenvalue weighted by molar-refractivity contribution is 0.684. The van der Waals surface area contributed by atoms with E-state index in [-0.39, 0.29) is 0 Å². The molecule has 4 heteroatoms. The first-order valence-corrected chi connectivity index (χ1v) is 7.10. The van der Waals surface area contributed by atoms with E-state index in [1.165, 1.54) is 0 Å². The summed E-state index contributed by atoms with van der Waals surface area (Å²) in [6, 6.07) is 5.68. The van der Waals surface area contributed by atoms with E-state index in [4.69, 9.17) is 5.73 Å². The largest absolute Gasteiger partial charge is 0.398 e. The van der Waals surface area contributed by atoms with Crippen LogP contribution in [-0.4, -0.2) is 22.0 Å². The summed E-state index contributed by atoms with van der Waals surface area (Å²) in [4.78, 5) is 0.768. The molecule has 1 rings (SSSR count). The molecule has 0 spiro atoms. The van der Waals surface area contributed by atoms with Gasteiger partial charge in [-0.15, -0.1) is 0 Å². The molecule has 0 heterocycles. The third kappa shape index (κ3) is 3.03. The number of benzene rings is 1. The van der Waals surface area contributed by atoms with Gasteiger partial charge in [-0.3, -0.25) is 4.21 Å². The maximum Gasteiger partial charge on any atom is 0.0617 e. The van der Waals surface area contributed by atoms with Crippen molar-refractivity contribution in [2.75, 3.05) is 23.5 Å². The molecule has 1 unspecified atom stereocenters. The molecule has 1 aromatic rings. The van der Waals surface area contributed by atoms with E-state index in [0.29, 0.717) is 11.4 Å². The first kappa shape index (κ1) is 11.6. The summed E-state index contributed by atoms with van der Waals surface area (Å²) >= 11 is 1.70. The highest BCUT2D eigenvalue weighted by atomic mass is 32.2. The van der Waals surface area contributed by atoms with Crippen molar-refractivity contribution in [3.05, 3.63) is 23.8 Å². The molecule has 0 aliphatic heterocycles. The molecule has 2 nitrogen and oxygen atoms in total. The van der Waals surface area contributed by atoms with Gasteiger partial charge in [0.05, 0.1) is 15.7 Å². The van der Waals surface area contributed by atoms with E-state index in [2.05, 4.69) is 0 Å². The Bertz CT molecular complexity index is 339. The highest BCUT2D eigenvalue weighted by Crippen LogP contribution is 2.18. The van der Waals surface area contributed by atoms with Crippen molar-refractivity contribution in [1.29, 1.82) is 0 Å². The second-order valence-corrected chi connectivity index (χ2v) is 5.61. The van der Waals surface area contributed by atoms with Crippen LogP contribution < -0.4 is 5.73 Å². The van der Waals surface area contributed by atoms with Crippen molar-refractivity contribution in [3.8, 4) is 0 Å². The maximum absolute atomic E-state index is 11.8. The molecule has 0 amide bonds. The summed E-state index contributed by atoms with van der Waals surface area (Å²) in [7, 11) is -0.949. The van der Waals surface area contributed by atoms with Crippen molar-refractivity contribution in [3.63, 3.8) is 0 Å². The van der Waals surface area contributed by atoms with Gasteiger partial charge in [-0.2, -0.15) is 11.8 Å². The monoisotopic (exact) mass is 229 g/mol. The average molecular weight is 229 g/mol. The zero-order valence-corrected chi connectivity index (χ0v) is 10.1. The molecule has 0 aromatic heterocycles. The van der Waals surface area contributed by atoms with Gasteiger partial charge in [-0.25, -0.2) is 0 Å². The van der Waals surface area contributed by atoms with Crippen LogP contribution in [0.5, 0.6) is 0 Å². The Balaban J connectivity index is 2.80. The summed E-state index contributed by atoms with van der Waals surface area (Å²) in [5.74, 6) is 1.58. The molecule has 0 fully saturated rings. The van der Waals surface area contributed by atoms with Crippen LogP contribution in [0.4, 0.5) is 5.69 Å². The number of nitrogen functional groups attached to an aromatic ring is 1. The van der Waals surface area contributed by atoms with Gasteiger partial charge in [0.1, 0.15) is 0 Å². The second-order valence-electron chi connectivity index (χ2n) is 3.08. The summed E-state index contributed by atoms with van der Waals surface area (Å²) in [5, 5.41) is 0. The minimum atomic E-state index is -0.949. The predicted octanol–water partition coefficient (Wildman–Crippen LogP) is 2.05. The molecule has 0 saturated heterocycles. The number of thioether (sulfide) groups is 1. The lowest BCUT2D eigenvalue weighted by Crippen LogP contribution is -2.04. The molecule has 1 aromatic carbocycles. The zero-order chi connectivity index (χ0) is 10.6. The van der Waals surface area contributed by atoms with Crippen LogP contribution >= 0.6 is 11.8 Å². The Morgan fingerprint density at radius 1 is 1.50 bits per heavy atom. The summed E-state index contributed by atoms with van der Waals surface area (Å²) in [5.41, 5.74) is 7.54. The van der Waals surface area contributed by atoms with Crippen LogP contribution in [0.15, 0.2) is 23.1 Å². The van der Waals surface area contributed by atoms with E-state index < -0.39 is 10.8 Å². The van der Waals surface area contributed by atoms with Gasteiger partial charge in [0, 0.05) is 17.2 Å². The van der Waals surface area contributed by atoms with Crippen molar-refractivity contribution in [1.82, 2.24) is 0 Å². The van der Waals surface area contributed by atoms with Crippen LogP contribution in [0.1, 0.15) is 5.56 Å². The molecule has 0 aliphatic carbocycles. The SMILES string of the molecule is CSCCS(=O)c1ccc(C)cc1N. The average Bonchev–Trinajstić information content (AvgIpc) is 2.14. The second kappa shape index (κ2) is 5.41. The van der Waals surface area contributed by atoms with Crippen LogP contribution in [0, 0.1) is 6.92 Å². The molecular weight excluding hydrogens is 214 g/mol. The minimum absolute atomic E-state index is 0.643. The Morgan fingerprint density at radius 2 is 2.21 bits per heavy atom. The number of hydrogen-bond acceptors (Lipinski definition) is 3. The third-order valence-corrected chi connectivity index (χ3v) is 4.19. The van der Waals surface area contributed by atoms with Crippen LogP contribution in [0.2, 0.25) is 0 Å². The zero-order valence-electron chi connectivity index (χ0n) is 8.45. The highest BCUT2D eigenvalue weighted by Gasteiger charge is 2.06. The Morgan fingerprint density at radius 3 is 2.79 bits per heavy atom. The topological polar surface area (TPSA) is 43.1 Å². The van der Waals surface area contributed by atoms with Crippen LogP contribution in [-0.2, 0) is 10.8 Å². The molecule has 0 aliphatic rings. The number of aryl methyl sites for hydroxylation is 1. The van der Waals surface area contributed by atoms with E-state index in [0.717, 1.165) is 16.2 Å². The normalized spacial score (nSPS) is 12.7. The molecule has 2 N–H and O–H groups in total. The molecule has 0 bridgehead atoms. The Hall–Kier alpha value is -0.480. The van der Waals surface area contributed by atoms with Gasteiger partial charge in [0.15, 0.2) is 0 Å². The van der Waals surface area contributed by atoms with E-state index in [9.17, 15) is 4.21 Å². The molecule has 0 radical (unpaired) electrons. The quantitative estimate of drug-likeness (QED) is 0.804. The number of anilines is 1. The number of rotatable bonds is 4. The van der Waals surface area contributed by atoms with Crippen molar-refractivity contribution >= 4 is 28.2 Å². The van der Waals surface area contributed by atoms with Gasteiger partial charge in [-0.1, -0.05) is 6.07 Å². The van der Waals surface area contributed by atoms with Crippen molar-refractivity contribution in [2.45, 2.75) is 11.8 Å². The summed E-state index contributed by atoms with van der Waals surface area (Å²) in [6.07, 6.45) is 2.01. The van der Waals surface area contributed by atoms with Crippen molar-refractivity contribution < 1.29 is 4.21 Å². The molecule has 0 saturated carbocycles. The minimum Gasteiger partial charge on any atom is -0.398 e. The van der Waals surface area contributed by atoms with E-state index >= 15 is 0 Å². The van der Waals surface area contributed by atoms with Crippen molar-refractivity contribution in [2.24, 2.45) is 0 Å². The standard InChI is InChI=1S/C10H15NOS2/c1-8-3-4-10(9(11)7-8)14(12)6-5-13-2/h3-4,7H,5-6,11H2,1-2H3. The first-order chi connectivity index (χ1) is 6.65. The number of nitrogens with two attached hydrogens (primary N) is 1. The molecule has 1 atom stereocenters. The third-order valence-electron chi connectivity index (χ3n) is 1.88. The Labute approximate surface area is 91.7 Å². The fraction of sp³-hybridized carbons (Fsp3) is 0.400. The fourth-order valence-electron chi connectivity index (χ4n) is 1.14. The van der Waals surface area contributed by atoms with Crippen LogP contribution in [0.3, 0.4) is 0 Å². The van der Waals surface area contributed by atoms with Gasteiger partial charge in [0.25, 0.3) is 0 Å². The fourth-order valence-corrected chi connectivity index (χ4v) is 3.18. The highest BCUT2D eigenvalue weighted by molar-refractivity contribution is 7.99. The van der Waals surface area contributed by atoms with Gasteiger partial charge >= 0.3 is 0 Å². The molecular formula is C10H15NOS2. The molecule has 14 heavy (non-hydrogen) atoms. The van der Waals surface area contributed by atoms with E-state index in [1.54, 1.807) is 11.8 Å². The predicted molar refractivity (Wildman–Crippen MR) is 65.2 cm³/mol. The smallest absolute Gasteiger partial charge is 0.0617 e. The summed E-state index contributed by atoms with van der Waals surface area (Å²) < 4.78 is 11.8. The van der Waals surface area contributed by atoms with Gasteiger partial charge in [-0.05, 0) is 30.9 Å². The summed E-state index contributed by atoms with van der Waals surface area (Å²) in [6.45, 7) is 1.98. The number of hydrogen-bond donors (Lipinski definition) is 1. The first-order valence-electron chi connectivity index (χ1n) is 4.38. The Kier molecular flexibility index (Phi) is 4.48. The lowest BCUT2D eigenvalue weighted by atomic mass is 10.2. The molecule has 78 valence electrons. The van der Waals surface area contributed by atoms with E-state index in [1.807, 2.05) is 31.4 Å².